The van der Waals surface area contributed by atoms with Crippen molar-refractivity contribution < 1.29 is 18.0 Å². The van der Waals surface area contributed by atoms with E-state index in [1.165, 1.54) is 0 Å². The summed E-state index contributed by atoms with van der Waals surface area (Å²) in [6.45, 7) is 4.83. The van der Waals surface area contributed by atoms with Gasteiger partial charge in [0.2, 0.25) is 15.9 Å². The van der Waals surface area contributed by atoms with Gasteiger partial charge in [0, 0.05) is 5.41 Å². The lowest BCUT2D eigenvalue weighted by atomic mass is 9.96. The highest BCUT2D eigenvalue weighted by atomic mass is 32.2. The van der Waals surface area contributed by atoms with Crippen molar-refractivity contribution in [1.82, 2.24) is 15.6 Å². The van der Waals surface area contributed by atoms with Crippen LogP contribution >= 0.6 is 0 Å². The molecule has 0 atom stereocenters. The largest absolute Gasteiger partial charge is 0.347 e. The van der Waals surface area contributed by atoms with E-state index in [0.29, 0.717) is 0 Å². The van der Waals surface area contributed by atoms with E-state index in [9.17, 15) is 18.0 Å². The first kappa shape index (κ1) is 14.8. The number of sulfonamides is 1. The zero-order valence-electron chi connectivity index (χ0n) is 9.75. The molecule has 0 spiro atoms. The van der Waals surface area contributed by atoms with Crippen LogP contribution in [0, 0.1) is 5.41 Å². The predicted octanol–water partition coefficient (Wildman–Crippen LogP) is -1.27. The quantitative estimate of drug-likeness (QED) is 0.542. The third-order valence-corrected chi connectivity index (χ3v) is 1.94. The summed E-state index contributed by atoms with van der Waals surface area (Å²) >= 11 is 0. The van der Waals surface area contributed by atoms with E-state index in [1.807, 2.05) is 5.43 Å². The van der Waals surface area contributed by atoms with Crippen molar-refractivity contribution >= 4 is 21.8 Å². The van der Waals surface area contributed by atoms with Crippen LogP contribution in [-0.2, 0) is 19.6 Å². The summed E-state index contributed by atoms with van der Waals surface area (Å²) in [6.07, 6.45) is 0.904. The van der Waals surface area contributed by atoms with Gasteiger partial charge in [-0.05, 0) is 0 Å². The molecule has 0 heterocycles. The van der Waals surface area contributed by atoms with Crippen LogP contribution in [0.25, 0.3) is 0 Å². The summed E-state index contributed by atoms with van der Waals surface area (Å²) < 4.78 is 21.2. The van der Waals surface area contributed by atoms with E-state index in [1.54, 1.807) is 25.6 Å². The molecule has 0 bridgehead atoms. The topological polar surface area (TPSA) is 104 Å². The zero-order valence-corrected chi connectivity index (χ0v) is 10.6. The maximum absolute atomic E-state index is 11.3. The van der Waals surface area contributed by atoms with Crippen molar-refractivity contribution in [1.29, 1.82) is 0 Å². The van der Waals surface area contributed by atoms with Crippen molar-refractivity contribution in [3.05, 3.63) is 0 Å². The monoisotopic (exact) mass is 251 g/mol. The molecule has 0 aromatic rings. The minimum Gasteiger partial charge on any atom is -0.347 e. The Hall–Kier alpha value is -1.15. The van der Waals surface area contributed by atoms with Gasteiger partial charge in [-0.25, -0.2) is 8.42 Å². The highest BCUT2D eigenvalue weighted by Gasteiger charge is 2.21. The van der Waals surface area contributed by atoms with Gasteiger partial charge in [-0.3, -0.25) is 15.0 Å². The summed E-state index contributed by atoms with van der Waals surface area (Å²) in [7, 11) is -3.48. The fourth-order valence-electron chi connectivity index (χ4n) is 0.620. The number of hydrogen-bond acceptors (Lipinski definition) is 4. The molecule has 8 heteroatoms. The molecule has 0 aromatic heterocycles. The van der Waals surface area contributed by atoms with Gasteiger partial charge < -0.3 is 5.32 Å². The van der Waals surface area contributed by atoms with Crippen LogP contribution in [0.5, 0.6) is 0 Å². The SMILES string of the molecule is CC(C)(C)C(=O)NCC(=O)NNS(C)(=O)=O. The van der Waals surface area contributed by atoms with Crippen molar-refractivity contribution in [2.24, 2.45) is 5.41 Å². The molecule has 0 radical (unpaired) electrons. The Bertz CT molecular complexity index is 369. The fraction of sp³-hybridized carbons (Fsp3) is 0.750. The number of amides is 2. The van der Waals surface area contributed by atoms with Gasteiger partial charge in [0.15, 0.2) is 0 Å². The molecule has 3 N–H and O–H groups in total. The van der Waals surface area contributed by atoms with Crippen LogP contribution in [0.3, 0.4) is 0 Å². The van der Waals surface area contributed by atoms with Crippen LogP contribution in [0.4, 0.5) is 0 Å². The second kappa shape index (κ2) is 5.26. The summed E-state index contributed by atoms with van der Waals surface area (Å²) in [4.78, 5) is 24.2. The maximum Gasteiger partial charge on any atom is 0.254 e. The van der Waals surface area contributed by atoms with Crippen molar-refractivity contribution in [2.45, 2.75) is 20.8 Å². The first-order valence-corrected chi connectivity index (χ1v) is 6.45. The average molecular weight is 251 g/mol. The van der Waals surface area contributed by atoms with Crippen LogP contribution in [0.15, 0.2) is 0 Å². The Morgan fingerprint density at radius 2 is 1.69 bits per heavy atom. The maximum atomic E-state index is 11.3. The molecular formula is C8H17N3O4S. The second-order valence-corrected chi connectivity index (χ2v) is 6.10. The number of carbonyl (C=O) groups is 2. The summed E-state index contributed by atoms with van der Waals surface area (Å²) in [6, 6.07) is 0. The molecule has 7 nitrogen and oxygen atoms in total. The van der Waals surface area contributed by atoms with Gasteiger partial charge in [0.1, 0.15) is 0 Å². The summed E-state index contributed by atoms with van der Waals surface area (Å²) in [5, 5.41) is 2.37. The fourth-order valence-corrected chi connectivity index (χ4v) is 0.919. The molecule has 0 aliphatic carbocycles. The Labute approximate surface area is 95.0 Å². The smallest absolute Gasteiger partial charge is 0.254 e. The lowest BCUT2D eigenvalue weighted by molar-refractivity contribution is -0.131. The first-order valence-electron chi connectivity index (χ1n) is 4.56. The molecule has 0 fully saturated rings. The van der Waals surface area contributed by atoms with Crippen LogP contribution in [-0.4, -0.2) is 33.0 Å². The van der Waals surface area contributed by atoms with Crippen molar-refractivity contribution in [2.75, 3.05) is 12.8 Å². The third-order valence-electron chi connectivity index (χ3n) is 1.47. The average Bonchev–Trinajstić information content (AvgIpc) is 2.08. The minimum absolute atomic E-state index is 0.279. The third kappa shape index (κ3) is 7.18. The summed E-state index contributed by atoms with van der Waals surface area (Å²) in [5.74, 6) is -0.926. The van der Waals surface area contributed by atoms with Crippen LogP contribution < -0.4 is 15.6 Å². The Balaban J connectivity index is 3.97. The first-order chi connectivity index (χ1) is 7.02. The number of rotatable bonds is 4. The highest BCUT2D eigenvalue weighted by Crippen LogP contribution is 2.11. The van der Waals surface area contributed by atoms with E-state index < -0.39 is 21.3 Å². The van der Waals surface area contributed by atoms with Gasteiger partial charge in [-0.1, -0.05) is 20.8 Å². The standard InChI is InChI=1S/C8H17N3O4S/c1-8(2,3)7(13)9-5-6(12)10-11-16(4,14)15/h11H,5H2,1-4H3,(H,9,13)(H,10,12). The lowest BCUT2D eigenvalue weighted by Gasteiger charge is -2.17. The molecule has 16 heavy (non-hydrogen) atoms. The molecule has 0 rings (SSSR count). The lowest BCUT2D eigenvalue weighted by Crippen LogP contribution is -2.47. The molecule has 0 aliphatic heterocycles. The molecule has 0 unspecified atom stereocenters. The van der Waals surface area contributed by atoms with E-state index >= 15 is 0 Å². The van der Waals surface area contributed by atoms with E-state index in [-0.39, 0.29) is 12.5 Å². The molecule has 94 valence electrons. The normalized spacial score (nSPS) is 12.0. The molecule has 0 saturated carbocycles. The summed E-state index contributed by atoms with van der Waals surface area (Å²) in [5.41, 5.74) is 1.35. The van der Waals surface area contributed by atoms with E-state index in [4.69, 9.17) is 0 Å². The van der Waals surface area contributed by atoms with Gasteiger partial charge in [0.05, 0.1) is 12.8 Å². The molecule has 0 aliphatic rings. The number of nitrogens with one attached hydrogen (secondary N) is 3. The highest BCUT2D eigenvalue weighted by molar-refractivity contribution is 7.88. The van der Waals surface area contributed by atoms with Gasteiger partial charge in [-0.15, -0.1) is 4.83 Å². The molecular weight excluding hydrogens is 234 g/mol. The molecule has 2 amide bonds. The van der Waals surface area contributed by atoms with E-state index in [0.717, 1.165) is 6.26 Å². The van der Waals surface area contributed by atoms with Gasteiger partial charge >= 0.3 is 0 Å². The van der Waals surface area contributed by atoms with E-state index in [2.05, 4.69) is 5.32 Å². The number of carbonyl (C=O) groups excluding carboxylic acids is 2. The van der Waals surface area contributed by atoms with Gasteiger partial charge in [-0.2, -0.15) is 0 Å². The molecule has 0 saturated heterocycles. The molecule has 0 aromatic carbocycles. The van der Waals surface area contributed by atoms with Crippen molar-refractivity contribution in [3.8, 4) is 0 Å². The minimum atomic E-state index is -3.48. The second-order valence-electron chi connectivity index (χ2n) is 4.36. The number of hydrogen-bond donors (Lipinski definition) is 3. The van der Waals surface area contributed by atoms with Crippen LogP contribution in [0.1, 0.15) is 20.8 Å². The predicted molar refractivity (Wildman–Crippen MR) is 58.6 cm³/mol. The Kier molecular flexibility index (Phi) is 4.88. The van der Waals surface area contributed by atoms with Gasteiger partial charge in [0.25, 0.3) is 5.91 Å². The van der Waals surface area contributed by atoms with Crippen LogP contribution in [0.2, 0.25) is 0 Å². The number of hydrazine groups is 1. The van der Waals surface area contributed by atoms with Crippen molar-refractivity contribution in [3.63, 3.8) is 0 Å². The Morgan fingerprint density at radius 3 is 2.06 bits per heavy atom. The Morgan fingerprint density at radius 1 is 1.19 bits per heavy atom. The zero-order chi connectivity index (χ0) is 13.0.